The quantitative estimate of drug-likeness (QED) is 0.0832. The van der Waals surface area contributed by atoms with Crippen molar-refractivity contribution in [2.75, 3.05) is 0 Å². The van der Waals surface area contributed by atoms with Crippen LogP contribution in [0.15, 0.2) is 72.8 Å². The number of carboxylic acids is 2. The van der Waals surface area contributed by atoms with E-state index in [2.05, 4.69) is 19.9 Å². The fraction of sp³-hybridized carbons (Fsp3) is 0.333. The van der Waals surface area contributed by atoms with Gasteiger partial charge in [-0.25, -0.2) is 19.6 Å². The minimum atomic E-state index is -1.14. The van der Waals surface area contributed by atoms with Gasteiger partial charge in [0.1, 0.15) is 24.9 Å². The Labute approximate surface area is 331 Å². The van der Waals surface area contributed by atoms with Gasteiger partial charge >= 0.3 is 29.0 Å². The Bertz CT molecular complexity index is 1950. The molecule has 0 saturated heterocycles. The van der Waals surface area contributed by atoms with Crippen LogP contribution < -0.4 is 10.2 Å². The molecule has 0 fully saturated rings. The smallest absolute Gasteiger partial charge is 0.872 e. The fourth-order valence-corrected chi connectivity index (χ4v) is 5.35. The first kappa shape index (κ1) is 46.0. The summed E-state index contributed by atoms with van der Waals surface area (Å²) in [6.07, 6.45) is 0. The third-order valence-corrected chi connectivity index (χ3v) is 8.49. The molecule has 12 nitrogen and oxygen atoms in total. The molecule has 0 aliphatic rings. The number of imidazole rings is 2. The second-order valence-electron chi connectivity index (χ2n) is 13.9. The van der Waals surface area contributed by atoms with Crippen LogP contribution in [-0.4, -0.2) is 52.3 Å². The molecule has 13 heteroatoms. The molecular weight excluding hydrogens is 752 g/mol. The van der Waals surface area contributed by atoms with Crippen LogP contribution in [0.1, 0.15) is 134 Å². The van der Waals surface area contributed by atoms with Gasteiger partial charge in [-0.2, -0.15) is 0 Å². The summed E-state index contributed by atoms with van der Waals surface area (Å²) in [5.41, 5.74) is 6.49. The standard InChI is InChI=1S/2C13H18O3.2C8H8N2O.Cu/c2*1-7(2)9-5-10(8(3)4)12(14)11(6-9)13(15)16;2*11-5-8-9-6-3-1-2-4-7(6)10-8;/h2*5-8,14H,1-4H3,(H,15,16);2*1-4,11H,5H2,(H,9,10);/q;;;;+2/p-2. The number of aliphatic hydroxyl groups is 2. The molecule has 0 saturated carbocycles. The van der Waals surface area contributed by atoms with E-state index in [1.54, 1.807) is 0 Å². The second kappa shape index (κ2) is 21.0. The number of hydrogen-bond donors (Lipinski definition) is 6. The van der Waals surface area contributed by atoms with Gasteiger partial charge in [0.25, 0.3) is 0 Å². The van der Waals surface area contributed by atoms with Crippen LogP contribution in [0.4, 0.5) is 0 Å². The topological polar surface area (TPSA) is 219 Å². The zero-order chi connectivity index (χ0) is 40.3. The Hall–Kier alpha value is -5.20. The molecule has 6 N–H and O–H groups in total. The minimum Gasteiger partial charge on any atom is -0.872 e. The summed E-state index contributed by atoms with van der Waals surface area (Å²) in [7, 11) is 0. The van der Waals surface area contributed by atoms with Gasteiger partial charge in [0, 0.05) is 0 Å². The number of hydrogen-bond acceptors (Lipinski definition) is 8. The van der Waals surface area contributed by atoms with Gasteiger partial charge in [0.15, 0.2) is 0 Å². The van der Waals surface area contributed by atoms with Crippen molar-refractivity contribution >= 4 is 34.0 Å². The first-order valence-corrected chi connectivity index (χ1v) is 17.7. The first-order valence-electron chi connectivity index (χ1n) is 17.7. The van der Waals surface area contributed by atoms with E-state index in [0.29, 0.717) is 22.8 Å². The molecule has 0 amide bonds. The Morgan fingerprint density at radius 2 is 0.909 bits per heavy atom. The minimum absolute atomic E-state index is 0. The van der Waals surface area contributed by atoms with Crippen molar-refractivity contribution in [3.05, 3.63) is 118 Å². The number of benzene rings is 4. The van der Waals surface area contributed by atoms with E-state index >= 15 is 0 Å². The molecule has 0 unspecified atom stereocenters. The number of para-hydroxylation sites is 4. The number of rotatable bonds is 8. The summed E-state index contributed by atoms with van der Waals surface area (Å²) in [6, 6.07) is 22.0. The van der Waals surface area contributed by atoms with Crippen LogP contribution in [0.5, 0.6) is 11.5 Å². The maximum atomic E-state index is 11.8. The van der Waals surface area contributed by atoms with Crippen LogP contribution in [0, 0.1) is 0 Å². The molecule has 0 spiro atoms. The molecule has 0 aliphatic heterocycles. The molecule has 6 rings (SSSR count). The van der Waals surface area contributed by atoms with Crippen LogP contribution >= 0.6 is 0 Å². The van der Waals surface area contributed by atoms with E-state index in [9.17, 15) is 19.8 Å². The summed E-state index contributed by atoms with van der Waals surface area (Å²) in [6.45, 7) is 15.4. The predicted molar refractivity (Wildman–Crippen MR) is 206 cm³/mol. The second-order valence-corrected chi connectivity index (χ2v) is 13.9. The average molecular weight is 802 g/mol. The van der Waals surface area contributed by atoms with Crippen LogP contribution in [0.2, 0.25) is 0 Å². The summed E-state index contributed by atoms with van der Waals surface area (Å²) in [5.74, 6) is -1.24. The van der Waals surface area contributed by atoms with Crippen molar-refractivity contribution in [3.63, 3.8) is 0 Å². The number of nitrogens with zero attached hydrogens (tertiary/aromatic N) is 2. The molecule has 2 aromatic heterocycles. The van der Waals surface area contributed by atoms with Crippen molar-refractivity contribution < 1.29 is 57.3 Å². The largest absolute Gasteiger partial charge is 2.00 e. The predicted octanol–water partition coefficient (Wildman–Crippen LogP) is 7.52. The van der Waals surface area contributed by atoms with Crippen molar-refractivity contribution in [2.45, 2.75) is 92.3 Å². The van der Waals surface area contributed by atoms with E-state index in [1.165, 1.54) is 12.1 Å². The molecule has 4 aromatic carbocycles. The number of aromatic nitrogens is 4. The van der Waals surface area contributed by atoms with E-state index in [0.717, 1.165) is 33.2 Å². The molecule has 297 valence electrons. The Morgan fingerprint density at radius 1 is 0.582 bits per heavy atom. The SMILES string of the molecule is CC(C)c1cc(C(=O)O)c([O-])c(C(C)C)c1.CC(C)c1cc(C(=O)O)c([O-])c(C(C)C)c1.OCc1nc2ccccc2[nH]1.OCc1nc2ccccc2[nH]1.[Cu+2]. The van der Waals surface area contributed by atoms with Crippen molar-refractivity contribution in [1.29, 1.82) is 0 Å². The Kier molecular flexibility index (Phi) is 17.6. The van der Waals surface area contributed by atoms with E-state index in [4.69, 9.17) is 20.4 Å². The number of aromatic amines is 2. The Balaban J connectivity index is 0.000000255. The van der Waals surface area contributed by atoms with E-state index in [1.807, 2.05) is 116 Å². The molecule has 1 radical (unpaired) electrons. The van der Waals surface area contributed by atoms with Crippen molar-refractivity contribution in [3.8, 4) is 11.5 Å². The van der Waals surface area contributed by atoms with Gasteiger partial charge in [-0.15, -0.1) is 0 Å². The van der Waals surface area contributed by atoms with Crippen LogP contribution in [0.25, 0.3) is 22.1 Å². The van der Waals surface area contributed by atoms with Crippen molar-refractivity contribution in [1.82, 2.24) is 19.9 Å². The summed E-state index contributed by atoms with van der Waals surface area (Å²) in [4.78, 5) is 36.2. The number of carbonyl (C=O) groups is 2. The summed E-state index contributed by atoms with van der Waals surface area (Å²) in [5, 5.41) is 59.1. The third kappa shape index (κ3) is 12.4. The number of carboxylic acid groups (broad SMARTS) is 2. The monoisotopic (exact) mass is 801 g/mol. The summed E-state index contributed by atoms with van der Waals surface area (Å²) >= 11 is 0. The number of H-pyrrole nitrogens is 2. The molecule has 55 heavy (non-hydrogen) atoms. The normalized spacial score (nSPS) is 10.7. The summed E-state index contributed by atoms with van der Waals surface area (Å²) < 4.78 is 0. The fourth-order valence-electron chi connectivity index (χ4n) is 5.35. The van der Waals surface area contributed by atoms with Gasteiger partial charge in [-0.1, -0.05) is 114 Å². The maximum absolute atomic E-state index is 11.8. The van der Waals surface area contributed by atoms with E-state index < -0.39 is 11.9 Å². The molecule has 0 atom stereocenters. The van der Waals surface area contributed by atoms with Gasteiger partial charge in [-0.3, -0.25) is 0 Å². The first-order chi connectivity index (χ1) is 25.5. The number of aromatic carboxylic acids is 2. The zero-order valence-corrected chi connectivity index (χ0v) is 33.2. The zero-order valence-electron chi connectivity index (χ0n) is 32.3. The molecule has 0 aliphatic carbocycles. The Morgan fingerprint density at radius 3 is 1.16 bits per heavy atom. The van der Waals surface area contributed by atoms with Crippen LogP contribution in [0.3, 0.4) is 0 Å². The molecule has 6 aromatic rings. The van der Waals surface area contributed by atoms with Gasteiger partial charge < -0.3 is 40.6 Å². The number of nitrogens with one attached hydrogen (secondary N) is 2. The third-order valence-electron chi connectivity index (χ3n) is 8.49. The van der Waals surface area contributed by atoms with Gasteiger partial charge in [0.05, 0.1) is 33.2 Å². The number of aliphatic hydroxyl groups excluding tert-OH is 2. The maximum Gasteiger partial charge on any atom is 2.00 e. The van der Waals surface area contributed by atoms with Gasteiger partial charge in [0.2, 0.25) is 0 Å². The number of fused-ring (bicyclic) bond motifs is 2. The molecule has 0 bridgehead atoms. The van der Waals surface area contributed by atoms with E-state index in [-0.39, 0.29) is 76.6 Å². The molecule has 2 heterocycles. The average Bonchev–Trinajstić information content (AvgIpc) is 3.76. The van der Waals surface area contributed by atoms with Gasteiger partial charge in [-0.05, 0) is 71.2 Å². The van der Waals surface area contributed by atoms with Crippen LogP contribution in [-0.2, 0) is 30.3 Å². The molecular formula is C42H50CuN4O8. The van der Waals surface area contributed by atoms with Crippen molar-refractivity contribution in [2.24, 2.45) is 0 Å².